The lowest BCUT2D eigenvalue weighted by atomic mass is 9.93. The first-order valence-electron chi connectivity index (χ1n) is 9.45. The summed E-state index contributed by atoms with van der Waals surface area (Å²) in [7, 11) is 0. The van der Waals surface area contributed by atoms with Crippen molar-refractivity contribution >= 4 is 11.4 Å². The Balaban J connectivity index is 1.38. The quantitative estimate of drug-likeness (QED) is 0.731. The minimum absolute atomic E-state index is 0.479. The fraction of sp³-hybridized carbons (Fsp3) is 0.381. The first-order chi connectivity index (χ1) is 12.8. The fourth-order valence-electron chi connectivity index (χ4n) is 4.44. The van der Waals surface area contributed by atoms with Crippen LogP contribution in [-0.4, -0.2) is 44.1 Å². The number of aryl methyl sites for hydroxylation is 1. The van der Waals surface area contributed by atoms with Gasteiger partial charge < -0.3 is 0 Å². The van der Waals surface area contributed by atoms with Crippen LogP contribution < -0.4 is 0 Å². The van der Waals surface area contributed by atoms with Crippen LogP contribution in [0.2, 0.25) is 0 Å². The van der Waals surface area contributed by atoms with Gasteiger partial charge in [0, 0.05) is 24.7 Å². The lowest BCUT2D eigenvalue weighted by Gasteiger charge is -2.33. The van der Waals surface area contributed by atoms with Gasteiger partial charge in [0.2, 0.25) is 0 Å². The normalized spacial score (nSPS) is 20.3. The highest BCUT2D eigenvalue weighted by molar-refractivity contribution is 5.74. The molecule has 0 N–H and O–H groups in total. The molecule has 2 aliphatic rings. The molecule has 1 fully saturated rings. The molecule has 0 spiro atoms. The molecule has 2 aromatic heterocycles. The third-order valence-electron chi connectivity index (χ3n) is 5.66. The molecule has 1 atom stereocenters. The van der Waals surface area contributed by atoms with Crippen molar-refractivity contribution in [2.75, 3.05) is 19.6 Å². The predicted octanol–water partition coefficient (Wildman–Crippen LogP) is 3.25. The zero-order valence-corrected chi connectivity index (χ0v) is 15.1. The summed E-state index contributed by atoms with van der Waals surface area (Å²) < 4.78 is 1.92. The van der Waals surface area contributed by atoms with E-state index in [-0.39, 0.29) is 0 Å². The molecule has 1 unspecified atom stereocenters. The van der Waals surface area contributed by atoms with Crippen molar-refractivity contribution < 1.29 is 0 Å². The molecule has 3 heterocycles. The summed E-state index contributed by atoms with van der Waals surface area (Å²) in [6.45, 7) is 5.32. The molecular weight excluding hydrogens is 322 g/mol. The minimum Gasteiger partial charge on any atom is -0.298 e. The van der Waals surface area contributed by atoms with Gasteiger partial charge in [-0.3, -0.25) is 4.90 Å². The highest BCUT2D eigenvalue weighted by Crippen LogP contribution is 2.31. The predicted molar refractivity (Wildman–Crippen MR) is 102 cm³/mol. The molecule has 3 aromatic rings. The number of benzene rings is 1. The maximum Gasteiger partial charge on any atom is 0.252 e. The van der Waals surface area contributed by atoms with Gasteiger partial charge in [-0.1, -0.05) is 30.3 Å². The van der Waals surface area contributed by atoms with E-state index in [1.54, 1.807) is 6.33 Å². The maximum atomic E-state index is 4.49. The van der Waals surface area contributed by atoms with Gasteiger partial charge in [-0.25, -0.2) is 9.50 Å². The zero-order chi connectivity index (χ0) is 17.5. The van der Waals surface area contributed by atoms with Crippen LogP contribution in [0.3, 0.4) is 0 Å². The molecule has 132 valence electrons. The van der Waals surface area contributed by atoms with Crippen molar-refractivity contribution in [3.05, 3.63) is 65.2 Å². The van der Waals surface area contributed by atoms with E-state index < -0.39 is 0 Å². The van der Waals surface area contributed by atoms with Crippen LogP contribution in [0.5, 0.6) is 0 Å². The monoisotopic (exact) mass is 345 g/mol. The molecule has 5 nitrogen and oxygen atoms in total. The van der Waals surface area contributed by atoms with Crippen molar-refractivity contribution in [3.8, 4) is 0 Å². The molecule has 1 aliphatic heterocycles. The van der Waals surface area contributed by atoms with Crippen molar-refractivity contribution in [1.82, 2.24) is 24.5 Å². The van der Waals surface area contributed by atoms with Crippen LogP contribution in [-0.2, 0) is 6.42 Å². The summed E-state index contributed by atoms with van der Waals surface area (Å²) in [5.74, 6) is 1.19. The molecule has 26 heavy (non-hydrogen) atoms. The molecular formula is C21H23N5. The smallest absolute Gasteiger partial charge is 0.252 e. The molecule has 0 saturated carbocycles. The van der Waals surface area contributed by atoms with E-state index in [4.69, 9.17) is 0 Å². The van der Waals surface area contributed by atoms with Crippen LogP contribution in [0.4, 0.5) is 0 Å². The Morgan fingerprint density at radius 3 is 3.12 bits per heavy atom. The first kappa shape index (κ1) is 15.7. The largest absolute Gasteiger partial charge is 0.298 e. The molecule has 0 radical (unpaired) electrons. The number of hydrogen-bond acceptors (Lipinski definition) is 4. The van der Waals surface area contributed by atoms with E-state index in [2.05, 4.69) is 56.4 Å². The highest BCUT2D eigenvalue weighted by Gasteiger charge is 2.26. The van der Waals surface area contributed by atoms with Crippen molar-refractivity contribution in [1.29, 1.82) is 0 Å². The second-order valence-electron chi connectivity index (χ2n) is 7.46. The van der Waals surface area contributed by atoms with Crippen LogP contribution >= 0.6 is 0 Å². The number of fused-ring (bicyclic) bond motifs is 2. The van der Waals surface area contributed by atoms with Gasteiger partial charge in [0.1, 0.15) is 6.33 Å². The third kappa shape index (κ3) is 2.72. The van der Waals surface area contributed by atoms with Crippen LogP contribution in [0.1, 0.15) is 41.3 Å². The number of rotatable bonds is 3. The summed E-state index contributed by atoms with van der Waals surface area (Å²) in [5, 5.41) is 4.41. The Morgan fingerprint density at radius 2 is 2.15 bits per heavy atom. The lowest BCUT2D eigenvalue weighted by molar-refractivity contribution is 0.227. The van der Waals surface area contributed by atoms with Gasteiger partial charge >= 0.3 is 0 Å². The van der Waals surface area contributed by atoms with E-state index >= 15 is 0 Å². The van der Waals surface area contributed by atoms with Crippen LogP contribution in [0.25, 0.3) is 11.4 Å². The average Bonchev–Trinajstić information content (AvgIpc) is 3.28. The van der Waals surface area contributed by atoms with Gasteiger partial charge in [0.15, 0.2) is 0 Å². The minimum atomic E-state index is 0.479. The maximum absolute atomic E-state index is 4.49. The van der Waals surface area contributed by atoms with Crippen molar-refractivity contribution in [2.45, 2.75) is 32.1 Å². The fourth-order valence-corrected chi connectivity index (χ4v) is 4.44. The molecule has 5 rings (SSSR count). The Kier molecular flexibility index (Phi) is 3.82. The zero-order valence-electron chi connectivity index (χ0n) is 15.1. The topological polar surface area (TPSA) is 46.3 Å². The van der Waals surface area contributed by atoms with Gasteiger partial charge in [-0.15, -0.1) is 0 Å². The standard InChI is InChI=1S/C21H23N5/c1-15-11-20(26-21(24-15)22-14-23-26)18-6-4-10-25(13-18)12-17-9-8-16-5-2-3-7-19(16)17/h2-3,5,7,9,11,14,18H,4,6,8,10,12-13H2,1H3. The third-order valence-corrected chi connectivity index (χ3v) is 5.66. The Hall–Kier alpha value is -2.53. The van der Waals surface area contributed by atoms with Gasteiger partial charge in [-0.2, -0.15) is 10.1 Å². The van der Waals surface area contributed by atoms with E-state index in [1.807, 2.05) is 11.4 Å². The Bertz CT molecular complexity index is 987. The molecule has 5 heteroatoms. The van der Waals surface area contributed by atoms with Crippen molar-refractivity contribution in [2.24, 2.45) is 0 Å². The second kappa shape index (κ2) is 6.32. The number of allylic oxidation sites excluding steroid dienone is 1. The Morgan fingerprint density at radius 1 is 1.23 bits per heavy atom. The average molecular weight is 345 g/mol. The number of nitrogens with zero attached hydrogens (tertiary/aromatic N) is 5. The lowest BCUT2D eigenvalue weighted by Crippen LogP contribution is -2.36. The van der Waals surface area contributed by atoms with Crippen LogP contribution in [0.15, 0.2) is 42.7 Å². The molecule has 1 aliphatic carbocycles. The summed E-state index contributed by atoms with van der Waals surface area (Å²) in [4.78, 5) is 11.4. The highest BCUT2D eigenvalue weighted by atomic mass is 15.3. The first-order valence-corrected chi connectivity index (χ1v) is 9.45. The molecule has 1 aromatic carbocycles. The summed E-state index contributed by atoms with van der Waals surface area (Å²) in [6, 6.07) is 11.0. The van der Waals surface area contributed by atoms with Crippen LogP contribution in [0, 0.1) is 6.92 Å². The second-order valence-corrected chi connectivity index (χ2v) is 7.46. The van der Waals surface area contributed by atoms with E-state index in [9.17, 15) is 0 Å². The van der Waals surface area contributed by atoms with Gasteiger partial charge in [0.25, 0.3) is 5.78 Å². The number of aromatic nitrogens is 4. The Labute approximate surface area is 153 Å². The summed E-state index contributed by atoms with van der Waals surface area (Å²) in [5.41, 5.74) is 6.65. The molecule has 0 bridgehead atoms. The number of piperidine rings is 1. The summed E-state index contributed by atoms with van der Waals surface area (Å²) >= 11 is 0. The van der Waals surface area contributed by atoms with Gasteiger partial charge in [-0.05, 0) is 55.5 Å². The number of likely N-dealkylation sites (tertiary alicyclic amines) is 1. The number of hydrogen-bond donors (Lipinski definition) is 0. The van der Waals surface area contributed by atoms with E-state index in [0.29, 0.717) is 11.7 Å². The van der Waals surface area contributed by atoms with E-state index in [0.717, 1.165) is 25.2 Å². The van der Waals surface area contributed by atoms with Crippen molar-refractivity contribution in [3.63, 3.8) is 0 Å². The van der Waals surface area contributed by atoms with Gasteiger partial charge in [0.05, 0.1) is 5.69 Å². The summed E-state index contributed by atoms with van der Waals surface area (Å²) in [6.07, 6.45) is 7.50. The SMILES string of the molecule is Cc1cc(C2CCCN(CC3=CCc4ccccc43)C2)n2ncnc2n1. The molecule has 1 saturated heterocycles. The van der Waals surface area contributed by atoms with E-state index in [1.165, 1.54) is 41.8 Å². The molecule has 0 amide bonds.